The summed E-state index contributed by atoms with van der Waals surface area (Å²) in [4.78, 5) is 0.219. The average Bonchev–Trinajstić information content (AvgIpc) is 2.31. The predicted molar refractivity (Wildman–Crippen MR) is 73.6 cm³/mol. The molecule has 1 unspecified atom stereocenters. The first-order valence-corrected chi connectivity index (χ1v) is 7.16. The summed E-state index contributed by atoms with van der Waals surface area (Å²) >= 11 is 0. The van der Waals surface area contributed by atoms with Gasteiger partial charge in [-0.2, -0.15) is 4.72 Å². The number of benzene rings is 1. The van der Waals surface area contributed by atoms with Crippen molar-refractivity contribution in [2.75, 3.05) is 5.73 Å². The van der Waals surface area contributed by atoms with Gasteiger partial charge in [-0.15, -0.1) is 6.42 Å². The van der Waals surface area contributed by atoms with E-state index < -0.39 is 16.1 Å². The van der Waals surface area contributed by atoms with Gasteiger partial charge in [0.05, 0.1) is 10.9 Å². The Balaban J connectivity index is 3.30. The molecule has 1 rings (SSSR count). The highest BCUT2D eigenvalue weighted by molar-refractivity contribution is 7.89. The molecule has 0 bridgehead atoms. The Morgan fingerprint density at radius 2 is 2.06 bits per heavy atom. The summed E-state index contributed by atoms with van der Waals surface area (Å²) in [5.74, 6) is 2.41. The lowest BCUT2D eigenvalue weighted by Gasteiger charge is -2.16. The number of hydrogen-bond acceptors (Lipinski definition) is 3. The lowest BCUT2D eigenvalue weighted by Crippen LogP contribution is -2.34. The Morgan fingerprint density at radius 3 is 2.56 bits per heavy atom. The monoisotopic (exact) mass is 266 g/mol. The number of nitrogens with one attached hydrogen (secondary N) is 1. The molecule has 0 heterocycles. The highest BCUT2D eigenvalue weighted by Gasteiger charge is 2.22. The molecular formula is C13H18N2O2S. The van der Waals surface area contributed by atoms with Crippen LogP contribution in [0.4, 0.5) is 5.69 Å². The summed E-state index contributed by atoms with van der Waals surface area (Å²) in [5.41, 5.74) is 7.41. The van der Waals surface area contributed by atoms with E-state index in [1.807, 2.05) is 6.92 Å². The van der Waals surface area contributed by atoms with Crippen molar-refractivity contribution in [1.82, 2.24) is 4.72 Å². The summed E-state index contributed by atoms with van der Waals surface area (Å²) in [6.07, 6.45) is 5.81. The van der Waals surface area contributed by atoms with Crippen LogP contribution in [-0.2, 0) is 10.0 Å². The minimum atomic E-state index is -3.64. The SMILES string of the molecule is C#CC(CC)NS(=O)(=O)c1c(C)ccc(N)c1C. The fourth-order valence-corrected chi connectivity index (χ4v) is 3.48. The number of nitrogens with two attached hydrogens (primary N) is 1. The van der Waals surface area contributed by atoms with Gasteiger partial charge in [-0.3, -0.25) is 0 Å². The predicted octanol–water partition coefficient (Wildman–Crippen LogP) is 1.58. The third-order valence-corrected chi connectivity index (χ3v) is 4.58. The fourth-order valence-electron chi connectivity index (χ4n) is 1.74. The molecule has 98 valence electrons. The molecule has 1 aromatic carbocycles. The van der Waals surface area contributed by atoms with Crippen molar-refractivity contribution in [3.63, 3.8) is 0 Å². The van der Waals surface area contributed by atoms with Gasteiger partial charge in [0.25, 0.3) is 0 Å². The van der Waals surface area contributed by atoms with Crippen LogP contribution in [0.25, 0.3) is 0 Å². The zero-order chi connectivity index (χ0) is 13.9. The van der Waals surface area contributed by atoms with Gasteiger partial charge in [0, 0.05) is 5.69 Å². The van der Waals surface area contributed by atoms with Crippen molar-refractivity contribution < 1.29 is 8.42 Å². The van der Waals surface area contributed by atoms with Crippen LogP contribution in [0.3, 0.4) is 0 Å². The van der Waals surface area contributed by atoms with Gasteiger partial charge in [-0.25, -0.2) is 8.42 Å². The molecule has 18 heavy (non-hydrogen) atoms. The van der Waals surface area contributed by atoms with Crippen molar-refractivity contribution in [2.45, 2.75) is 38.1 Å². The van der Waals surface area contributed by atoms with Gasteiger partial charge in [-0.1, -0.05) is 18.9 Å². The fraction of sp³-hybridized carbons (Fsp3) is 0.385. The first-order valence-electron chi connectivity index (χ1n) is 5.67. The Morgan fingerprint density at radius 1 is 1.44 bits per heavy atom. The minimum absolute atomic E-state index is 0.219. The topological polar surface area (TPSA) is 72.2 Å². The number of terminal acetylenes is 1. The summed E-state index contributed by atoms with van der Waals surface area (Å²) in [5, 5.41) is 0. The lowest BCUT2D eigenvalue weighted by molar-refractivity contribution is 0.569. The Bertz CT molecular complexity index is 586. The van der Waals surface area contributed by atoms with E-state index >= 15 is 0 Å². The van der Waals surface area contributed by atoms with Gasteiger partial charge in [0.15, 0.2) is 0 Å². The summed E-state index contributed by atoms with van der Waals surface area (Å²) < 4.78 is 27.1. The third kappa shape index (κ3) is 2.84. The van der Waals surface area contributed by atoms with Crippen molar-refractivity contribution in [2.24, 2.45) is 0 Å². The molecular weight excluding hydrogens is 248 g/mol. The largest absolute Gasteiger partial charge is 0.398 e. The highest BCUT2D eigenvalue weighted by atomic mass is 32.2. The maximum Gasteiger partial charge on any atom is 0.242 e. The molecule has 0 saturated carbocycles. The average molecular weight is 266 g/mol. The van der Waals surface area contributed by atoms with Gasteiger partial charge in [-0.05, 0) is 37.5 Å². The van der Waals surface area contributed by atoms with Crippen molar-refractivity contribution in [3.05, 3.63) is 23.3 Å². The molecule has 1 atom stereocenters. The van der Waals surface area contributed by atoms with Gasteiger partial charge in [0.2, 0.25) is 10.0 Å². The summed E-state index contributed by atoms with van der Waals surface area (Å²) in [6, 6.07) is 2.88. The van der Waals surface area contributed by atoms with E-state index in [-0.39, 0.29) is 4.90 Å². The van der Waals surface area contributed by atoms with Crippen LogP contribution < -0.4 is 10.5 Å². The Labute approximate surface area is 109 Å². The van der Waals surface area contributed by atoms with E-state index in [2.05, 4.69) is 10.6 Å². The molecule has 5 heteroatoms. The molecule has 0 amide bonds. The Hall–Kier alpha value is -1.51. The van der Waals surface area contributed by atoms with E-state index in [4.69, 9.17) is 12.2 Å². The first kappa shape index (κ1) is 14.6. The van der Waals surface area contributed by atoms with Crippen LogP contribution in [0.5, 0.6) is 0 Å². The molecule has 0 aliphatic carbocycles. The van der Waals surface area contributed by atoms with Crippen LogP contribution in [0.2, 0.25) is 0 Å². The van der Waals surface area contributed by atoms with E-state index in [0.29, 0.717) is 23.2 Å². The van der Waals surface area contributed by atoms with Crippen molar-refractivity contribution in [1.29, 1.82) is 0 Å². The first-order chi connectivity index (χ1) is 8.33. The second kappa shape index (κ2) is 5.42. The molecule has 1 aromatic rings. The molecule has 4 nitrogen and oxygen atoms in total. The van der Waals surface area contributed by atoms with Crippen LogP contribution in [0.15, 0.2) is 17.0 Å². The zero-order valence-electron chi connectivity index (χ0n) is 10.8. The van der Waals surface area contributed by atoms with Crippen molar-refractivity contribution >= 4 is 15.7 Å². The minimum Gasteiger partial charge on any atom is -0.398 e. The lowest BCUT2D eigenvalue weighted by atomic mass is 10.1. The van der Waals surface area contributed by atoms with E-state index in [1.165, 1.54) is 0 Å². The molecule has 0 saturated heterocycles. The number of rotatable bonds is 4. The van der Waals surface area contributed by atoms with Crippen LogP contribution in [0.1, 0.15) is 24.5 Å². The maximum absolute atomic E-state index is 12.3. The number of hydrogen-bond donors (Lipinski definition) is 2. The van der Waals surface area contributed by atoms with E-state index in [9.17, 15) is 8.42 Å². The van der Waals surface area contributed by atoms with Crippen LogP contribution in [-0.4, -0.2) is 14.5 Å². The van der Waals surface area contributed by atoms with Crippen molar-refractivity contribution in [3.8, 4) is 12.3 Å². The summed E-state index contributed by atoms with van der Waals surface area (Å²) in [7, 11) is -3.64. The quantitative estimate of drug-likeness (QED) is 0.642. The molecule has 0 radical (unpaired) electrons. The molecule has 3 N–H and O–H groups in total. The van der Waals surface area contributed by atoms with Gasteiger partial charge < -0.3 is 5.73 Å². The molecule has 0 fully saturated rings. The Kier molecular flexibility index (Phi) is 4.38. The summed E-state index contributed by atoms with van der Waals surface area (Å²) in [6.45, 7) is 5.25. The van der Waals surface area contributed by atoms with E-state index in [0.717, 1.165) is 0 Å². The number of anilines is 1. The van der Waals surface area contributed by atoms with Crippen LogP contribution in [0, 0.1) is 26.2 Å². The smallest absolute Gasteiger partial charge is 0.242 e. The number of nitrogen functional groups attached to an aromatic ring is 1. The number of aryl methyl sites for hydroxylation is 1. The second-order valence-electron chi connectivity index (χ2n) is 4.17. The standard InChI is InChI=1S/C13H18N2O2S/c1-5-11(6-2)15-18(16,17)13-9(3)7-8-12(14)10(13)4/h1,7-8,11,15H,6,14H2,2-4H3. The molecule has 0 aliphatic heterocycles. The maximum atomic E-state index is 12.3. The van der Waals surface area contributed by atoms with Gasteiger partial charge >= 0.3 is 0 Å². The normalized spacial score (nSPS) is 13.0. The third-order valence-electron chi connectivity index (χ3n) is 2.82. The van der Waals surface area contributed by atoms with E-state index in [1.54, 1.807) is 26.0 Å². The number of sulfonamides is 1. The van der Waals surface area contributed by atoms with Crippen LogP contribution >= 0.6 is 0 Å². The molecule has 0 aliphatic rings. The highest BCUT2D eigenvalue weighted by Crippen LogP contribution is 2.24. The van der Waals surface area contributed by atoms with Gasteiger partial charge in [0.1, 0.15) is 0 Å². The molecule has 0 aromatic heterocycles. The second-order valence-corrected chi connectivity index (χ2v) is 5.83. The zero-order valence-corrected chi connectivity index (χ0v) is 11.6. The molecule has 0 spiro atoms.